The van der Waals surface area contributed by atoms with Crippen molar-refractivity contribution >= 4 is 5.97 Å². The van der Waals surface area contributed by atoms with Gasteiger partial charge in [0.05, 0.1) is 6.61 Å². The predicted octanol–water partition coefficient (Wildman–Crippen LogP) is 7.84. The molecule has 1 unspecified atom stereocenters. The van der Waals surface area contributed by atoms with Crippen LogP contribution in [0.1, 0.15) is 130 Å². The topological polar surface area (TPSA) is 26.3 Å². The molecule has 0 saturated carbocycles. The average Bonchev–Trinajstić information content (AvgIpc) is 2.60. The van der Waals surface area contributed by atoms with E-state index in [4.69, 9.17) is 4.74 Å². The Morgan fingerprint density at radius 1 is 0.640 bits per heavy atom. The van der Waals surface area contributed by atoms with Crippen molar-refractivity contribution in [1.82, 2.24) is 0 Å². The van der Waals surface area contributed by atoms with E-state index in [1.54, 1.807) is 0 Å². The zero-order valence-electron chi connectivity index (χ0n) is 17.6. The molecule has 1 atom stereocenters. The zero-order chi connectivity index (χ0) is 18.6. The van der Waals surface area contributed by atoms with Crippen molar-refractivity contribution in [2.24, 2.45) is 5.92 Å². The van der Waals surface area contributed by atoms with Crippen molar-refractivity contribution in [3.63, 3.8) is 0 Å². The largest absolute Gasteiger partial charge is 0.466 e. The molecule has 0 amide bonds. The van der Waals surface area contributed by atoms with Gasteiger partial charge < -0.3 is 4.74 Å². The maximum Gasteiger partial charge on any atom is 0.306 e. The average molecular weight is 355 g/mol. The second-order valence-electron chi connectivity index (χ2n) is 7.70. The minimum Gasteiger partial charge on any atom is -0.466 e. The molecule has 0 aliphatic heterocycles. The van der Waals surface area contributed by atoms with E-state index in [1.807, 2.05) is 6.92 Å². The number of rotatable bonds is 19. The molecular weight excluding hydrogens is 308 g/mol. The summed E-state index contributed by atoms with van der Waals surface area (Å²) in [5.41, 5.74) is 0. The van der Waals surface area contributed by atoms with Gasteiger partial charge in [-0.25, -0.2) is 0 Å². The monoisotopic (exact) mass is 354 g/mol. The maximum atomic E-state index is 11.8. The molecule has 0 fully saturated rings. The van der Waals surface area contributed by atoms with Crippen molar-refractivity contribution in [1.29, 1.82) is 0 Å². The van der Waals surface area contributed by atoms with Gasteiger partial charge in [-0.1, -0.05) is 104 Å². The summed E-state index contributed by atoms with van der Waals surface area (Å²) in [5, 5.41) is 0. The van der Waals surface area contributed by atoms with E-state index in [9.17, 15) is 4.79 Å². The van der Waals surface area contributed by atoms with Crippen LogP contribution in [0.15, 0.2) is 0 Å². The third-order valence-electron chi connectivity index (χ3n) is 5.19. The lowest BCUT2D eigenvalue weighted by Gasteiger charge is -2.16. The van der Waals surface area contributed by atoms with Gasteiger partial charge in [-0.2, -0.15) is 0 Å². The fraction of sp³-hybridized carbons (Fsp3) is 0.957. The van der Waals surface area contributed by atoms with Gasteiger partial charge in [0.15, 0.2) is 0 Å². The molecule has 0 saturated heterocycles. The van der Waals surface area contributed by atoms with Crippen LogP contribution in [0.3, 0.4) is 0 Å². The number of carbonyl (C=O) groups is 1. The molecule has 0 N–H and O–H groups in total. The fourth-order valence-electron chi connectivity index (χ4n) is 3.58. The van der Waals surface area contributed by atoms with Crippen LogP contribution in [-0.4, -0.2) is 12.6 Å². The molecule has 25 heavy (non-hydrogen) atoms. The Labute approximate surface area is 158 Å². The number of ether oxygens (including phenoxy) is 1. The fourth-order valence-corrected chi connectivity index (χ4v) is 3.58. The molecule has 0 aromatic carbocycles. The highest BCUT2D eigenvalue weighted by Crippen LogP contribution is 2.22. The van der Waals surface area contributed by atoms with Crippen LogP contribution in [0.4, 0.5) is 0 Å². The van der Waals surface area contributed by atoms with Crippen LogP contribution in [0.2, 0.25) is 0 Å². The first-order chi connectivity index (χ1) is 12.2. The molecule has 2 heteroatoms. The molecule has 0 rings (SSSR count). The summed E-state index contributed by atoms with van der Waals surface area (Å²) < 4.78 is 5.18. The SMILES string of the molecule is CCCCCCCCCCC(CCCCCCCC)CC(=O)OCC. The van der Waals surface area contributed by atoms with E-state index < -0.39 is 0 Å². The molecule has 0 aromatic rings. The predicted molar refractivity (Wildman–Crippen MR) is 110 cm³/mol. The van der Waals surface area contributed by atoms with Crippen LogP contribution in [-0.2, 0) is 9.53 Å². The van der Waals surface area contributed by atoms with Crippen molar-refractivity contribution < 1.29 is 9.53 Å². The molecule has 0 heterocycles. The summed E-state index contributed by atoms with van der Waals surface area (Å²) >= 11 is 0. The second kappa shape index (κ2) is 19.8. The Bertz CT molecular complexity index is 275. The number of unbranched alkanes of at least 4 members (excludes halogenated alkanes) is 12. The standard InChI is InChI=1S/C23H46O2/c1-4-7-9-11-13-14-16-18-20-22(21-23(24)25-6-3)19-17-15-12-10-8-5-2/h22H,4-21H2,1-3H3. The van der Waals surface area contributed by atoms with Crippen LogP contribution < -0.4 is 0 Å². The molecule has 0 aliphatic carbocycles. The van der Waals surface area contributed by atoms with E-state index in [0.29, 0.717) is 18.9 Å². The van der Waals surface area contributed by atoms with Gasteiger partial charge in [0.1, 0.15) is 0 Å². The van der Waals surface area contributed by atoms with Gasteiger partial charge in [0.25, 0.3) is 0 Å². The summed E-state index contributed by atoms with van der Waals surface area (Å²) in [4.78, 5) is 11.8. The highest BCUT2D eigenvalue weighted by molar-refractivity contribution is 5.69. The molecule has 0 aromatic heterocycles. The minimum absolute atomic E-state index is 0.0121. The highest BCUT2D eigenvalue weighted by Gasteiger charge is 2.14. The second-order valence-corrected chi connectivity index (χ2v) is 7.70. The van der Waals surface area contributed by atoms with Gasteiger partial charge in [-0.3, -0.25) is 4.79 Å². The lowest BCUT2D eigenvalue weighted by atomic mass is 9.91. The summed E-state index contributed by atoms with van der Waals surface area (Å²) in [6.45, 7) is 6.95. The lowest BCUT2D eigenvalue weighted by Crippen LogP contribution is -2.12. The first-order valence-electron chi connectivity index (χ1n) is 11.4. The van der Waals surface area contributed by atoms with Crippen molar-refractivity contribution in [2.75, 3.05) is 6.61 Å². The Hall–Kier alpha value is -0.530. The molecule has 0 aliphatic rings. The van der Waals surface area contributed by atoms with Gasteiger partial charge in [-0.05, 0) is 25.7 Å². The summed E-state index contributed by atoms with van der Waals surface area (Å²) in [5.74, 6) is 0.559. The van der Waals surface area contributed by atoms with E-state index in [0.717, 1.165) is 0 Å². The molecule has 0 radical (unpaired) electrons. The van der Waals surface area contributed by atoms with E-state index in [1.165, 1.54) is 103 Å². The van der Waals surface area contributed by atoms with Crippen LogP contribution in [0.25, 0.3) is 0 Å². The molecule has 150 valence electrons. The summed E-state index contributed by atoms with van der Waals surface area (Å²) in [7, 11) is 0. The molecule has 0 spiro atoms. The third-order valence-corrected chi connectivity index (χ3v) is 5.19. The Kier molecular flexibility index (Phi) is 19.4. The van der Waals surface area contributed by atoms with E-state index in [-0.39, 0.29) is 5.97 Å². The molecule has 0 bridgehead atoms. The van der Waals surface area contributed by atoms with Gasteiger partial charge in [0.2, 0.25) is 0 Å². The zero-order valence-corrected chi connectivity index (χ0v) is 17.6. The molecular formula is C23H46O2. The summed E-state index contributed by atoms with van der Waals surface area (Å²) in [6, 6.07) is 0. The first kappa shape index (κ1) is 24.5. The van der Waals surface area contributed by atoms with Gasteiger partial charge >= 0.3 is 5.97 Å². The summed E-state index contributed by atoms with van der Waals surface area (Å²) in [6.07, 6.45) is 22.0. The first-order valence-corrected chi connectivity index (χ1v) is 11.4. The Morgan fingerprint density at radius 2 is 1.04 bits per heavy atom. The van der Waals surface area contributed by atoms with E-state index >= 15 is 0 Å². The maximum absolute atomic E-state index is 11.8. The molecule has 2 nitrogen and oxygen atoms in total. The number of carbonyl (C=O) groups excluding carboxylic acids is 1. The quantitative estimate of drug-likeness (QED) is 0.174. The van der Waals surface area contributed by atoms with Crippen LogP contribution >= 0.6 is 0 Å². The Morgan fingerprint density at radius 3 is 1.44 bits per heavy atom. The Balaban J connectivity index is 3.83. The number of esters is 1. The van der Waals surface area contributed by atoms with Crippen molar-refractivity contribution in [2.45, 2.75) is 130 Å². The van der Waals surface area contributed by atoms with Crippen LogP contribution in [0.5, 0.6) is 0 Å². The smallest absolute Gasteiger partial charge is 0.306 e. The van der Waals surface area contributed by atoms with Gasteiger partial charge in [0, 0.05) is 6.42 Å². The minimum atomic E-state index is 0.0121. The number of hydrogen-bond donors (Lipinski definition) is 0. The highest BCUT2D eigenvalue weighted by atomic mass is 16.5. The van der Waals surface area contributed by atoms with Crippen molar-refractivity contribution in [3.05, 3.63) is 0 Å². The lowest BCUT2D eigenvalue weighted by molar-refractivity contribution is -0.144. The normalized spacial score (nSPS) is 12.3. The van der Waals surface area contributed by atoms with Gasteiger partial charge in [-0.15, -0.1) is 0 Å². The van der Waals surface area contributed by atoms with Crippen molar-refractivity contribution in [3.8, 4) is 0 Å². The number of hydrogen-bond acceptors (Lipinski definition) is 2. The van der Waals surface area contributed by atoms with E-state index in [2.05, 4.69) is 13.8 Å². The van der Waals surface area contributed by atoms with Crippen LogP contribution in [0, 0.1) is 5.92 Å². The third kappa shape index (κ3) is 18.1.